The Morgan fingerprint density at radius 1 is 1.12 bits per heavy atom. The van der Waals surface area contributed by atoms with Gasteiger partial charge < -0.3 is 14.8 Å². The number of aromatic amines is 1. The first-order valence-corrected chi connectivity index (χ1v) is 17.1. The highest BCUT2D eigenvalue weighted by molar-refractivity contribution is 7.89. The molecule has 3 heterocycles. The number of nitrogens with one attached hydrogen (secondary N) is 1. The Kier molecular flexibility index (Phi) is 11.2. The van der Waals surface area contributed by atoms with Crippen molar-refractivity contribution in [2.75, 3.05) is 26.3 Å². The van der Waals surface area contributed by atoms with E-state index in [9.17, 15) is 18.3 Å². The van der Waals surface area contributed by atoms with Crippen LogP contribution < -0.4 is 10.3 Å². The zero-order valence-electron chi connectivity index (χ0n) is 25.6. The van der Waals surface area contributed by atoms with Gasteiger partial charge in [-0.2, -0.15) is 4.31 Å². The molecular formula is C31H47N5O5S. The zero-order valence-corrected chi connectivity index (χ0v) is 26.4. The highest BCUT2D eigenvalue weighted by Crippen LogP contribution is 2.34. The normalized spacial score (nSPS) is 15.8. The summed E-state index contributed by atoms with van der Waals surface area (Å²) in [4.78, 5) is 21.2. The number of aromatic nitrogens is 4. The van der Waals surface area contributed by atoms with E-state index >= 15 is 0 Å². The maximum atomic E-state index is 13.7. The Bertz CT molecular complexity index is 1490. The van der Waals surface area contributed by atoms with Crippen LogP contribution in [-0.4, -0.2) is 63.7 Å². The van der Waals surface area contributed by atoms with E-state index in [1.807, 2.05) is 13.8 Å². The van der Waals surface area contributed by atoms with Crippen molar-refractivity contribution in [1.82, 2.24) is 23.9 Å². The monoisotopic (exact) mass is 601 g/mol. The second-order valence-electron chi connectivity index (χ2n) is 11.4. The number of aliphatic hydroxyl groups excluding tert-OH is 1. The Hall–Kier alpha value is -2.76. The first-order valence-electron chi connectivity index (χ1n) is 15.6. The van der Waals surface area contributed by atoms with E-state index in [0.29, 0.717) is 54.6 Å². The van der Waals surface area contributed by atoms with Gasteiger partial charge in [0.15, 0.2) is 11.3 Å². The van der Waals surface area contributed by atoms with Crippen LogP contribution in [0.5, 0.6) is 5.75 Å². The number of benzene rings is 1. The summed E-state index contributed by atoms with van der Waals surface area (Å²) in [6.07, 6.45) is 9.35. The molecule has 4 rings (SSSR count). The second kappa shape index (κ2) is 14.6. The number of aliphatic hydroxyl groups is 1. The number of fused-ring (bicyclic) bond motifs is 1. The van der Waals surface area contributed by atoms with Gasteiger partial charge in [0.1, 0.15) is 11.6 Å². The number of rotatable bonds is 15. The summed E-state index contributed by atoms with van der Waals surface area (Å²) in [6.45, 7) is 9.52. The van der Waals surface area contributed by atoms with Gasteiger partial charge in [-0.3, -0.25) is 4.79 Å². The molecule has 0 spiro atoms. The Morgan fingerprint density at radius 3 is 2.55 bits per heavy atom. The quantitative estimate of drug-likeness (QED) is 0.222. The molecule has 1 saturated heterocycles. The summed E-state index contributed by atoms with van der Waals surface area (Å²) in [5.74, 6) is 1.96. The van der Waals surface area contributed by atoms with Crippen molar-refractivity contribution in [2.45, 2.75) is 103 Å². The van der Waals surface area contributed by atoms with Crippen LogP contribution in [0.3, 0.4) is 0 Å². The third-order valence-electron chi connectivity index (χ3n) is 8.38. The van der Waals surface area contributed by atoms with E-state index in [1.165, 1.54) is 17.1 Å². The minimum absolute atomic E-state index is 0.117. The Balaban J connectivity index is 1.76. The van der Waals surface area contributed by atoms with Gasteiger partial charge in [0.2, 0.25) is 10.0 Å². The molecular weight excluding hydrogens is 554 g/mol. The van der Waals surface area contributed by atoms with Gasteiger partial charge in [0.25, 0.3) is 5.56 Å². The van der Waals surface area contributed by atoms with Gasteiger partial charge in [-0.25, -0.2) is 17.9 Å². The van der Waals surface area contributed by atoms with Crippen molar-refractivity contribution in [1.29, 1.82) is 0 Å². The lowest BCUT2D eigenvalue weighted by atomic mass is 9.95. The molecule has 1 fully saturated rings. The molecule has 1 aliphatic heterocycles. The van der Waals surface area contributed by atoms with E-state index in [1.54, 1.807) is 22.7 Å². The number of unbranched alkanes of at least 4 members (excludes halogenated alkanes) is 3. The fraction of sp³-hybridized carbons (Fsp3) is 0.645. The molecule has 3 aromatic rings. The summed E-state index contributed by atoms with van der Waals surface area (Å²) in [5.41, 5.74) is 1.14. The van der Waals surface area contributed by atoms with E-state index in [-0.39, 0.29) is 28.8 Å². The second-order valence-corrected chi connectivity index (χ2v) is 13.4. The average molecular weight is 602 g/mol. The molecule has 1 aromatic carbocycles. The Labute approximate surface area is 249 Å². The number of piperidine rings is 1. The third kappa shape index (κ3) is 7.06. The van der Waals surface area contributed by atoms with Crippen LogP contribution in [-0.2, 0) is 10.0 Å². The van der Waals surface area contributed by atoms with Crippen molar-refractivity contribution < 1.29 is 18.3 Å². The fourth-order valence-electron chi connectivity index (χ4n) is 5.87. The van der Waals surface area contributed by atoms with Crippen molar-refractivity contribution in [3.8, 4) is 17.1 Å². The third-order valence-corrected chi connectivity index (χ3v) is 10.3. The molecule has 1 aliphatic rings. The van der Waals surface area contributed by atoms with Crippen molar-refractivity contribution >= 4 is 15.5 Å². The molecule has 1 unspecified atom stereocenters. The summed E-state index contributed by atoms with van der Waals surface area (Å²) >= 11 is 0. The van der Waals surface area contributed by atoms with Crippen molar-refractivity contribution in [3.05, 3.63) is 40.1 Å². The SMILES string of the molecule is CCCCCCC(CC)c1nc(C)c2c(=O)[nH]c(-c3cc(S(=O)(=O)N4CCC(CCO)CC4)ccc3OCCC)nn12. The van der Waals surface area contributed by atoms with E-state index in [4.69, 9.17) is 14.8 Å². The largest absolute Gasteiger partial charge is 0.493 e. The summed E-state index contributed by atoms with van der Waals surface area (Å²) in [7, 11) is -3.78. The average Bonchev–Trinajstić information content (AvgIpc) is 3.32. The van der Waals surface area contributed by atoms with Gasteiger partial charge in [-0.15, -0.1) is 5.10 Å². The molecule has 2 aromatic heterocycles. The van der Waals surface area contributed by atoms with Crippen LogP contribution in [0, 0.1) is 12.8 Å². The molecule has 2 N–H and O–H groups in total. The van der Waals surface area contributed by atoms with Crippen LogP contribution >= 0.6 is 0 Å². The predicted molar refractivity (Wildman–Crippen MR) is 165 cm³/mol. The summed E-state index contributed by atoms with van der Waals surface area (Å²) in [6, 6.07) is 4.79. The first-order chi connectivity index (χ1) is 20.2. The minimum Gasteiger partial charge on any atom is -0.493 e. The molecule has 0 saturated carbocycles. The zero-order chi connectivity index (χ0) is 30.3. The predicted octanol–water partition coefficient (Wildman–Crippen LogP) is 5.43. The highest BCUT2D eigenvalue weighted by atomic mass is 32.2. The topological polar surface area (TPSA) is 130 Å². The van der Waals surface area contributed by atoms with Crippen LogP contribution in [0.2, 0.25) is 0 Å². The van der Waals surface area contributed by atoms with Crippen LogP contribution in [0.25, 0.3) is 16.9 Å². The molecule has 232 valence electrons. The minimum atomic E-state index is -3.78. The van der Waals surface area contributed by atoms with Gasteiger partial charge >= 0.3 is 0 Å². The van der Waals surface area contributed by atoms with E-state index < -0.39 is 10.0 Å². The summed E-state index contributed by atoms with van der Waals surface area (Å²) < 4.78 is 36.6. The fourth-order valence-corrected chi connectivity index (χ4v) is 7.37. The smallest absolute Gasteiger partial charge is 0.277 e. The molecule has 0 amide bonds. The number of imidazole rings is 1. The van der Waals surface area contributed by atoms with Gasteiger partial charge in [-0.1, -0.05) is 46.5 Å². The number of aryl methyl sites for hydroxylation is 1. The lowest BCUT2D eigenvalue weighted by molar-refractivity contribution is 0.208. The number of ether oxygens (including phenoxy) is 1. The molecule has 0 bridgehead atoms. The van der Waals surface area contributed by atoms with E-state index in [2.05, 4.69) is 18.8 Å². The molecule has 11 heteroatoms. The maximum Gasteiger partial charge on any atom is 0.277 e. The number of H-pyrrole nitrogens is 1. The molecule has 1 atom stereocenters. The number of hydrogen-bond acceptors (Lipinski definition) is 7. The molecule has 0 radical (unpaired) electrons. The summed E-state index contributed by atoms with van der Waals surface area (Å²) in [5, 5.41) is 14.1. The number of hydrogen-bond donors (Lipinski definition) is 2. The van der Waals surface area contributed by atoms with E-state index in [0.717, 1.165) is 50.8 Å². The first kappa shape index (κ1) is 32.2. The number of sulfonamides is 1. The lowest BCUT2D eigenvalue weighted by Crippen LogP contribution is -2.38. The Morgan fingerprint density at radius 2 is 1.88 bits per heavy atom. The lowest BCUT2D eigenvalue weighted by Gasteiger charge is -2.31. The van der Waals surface area contributed by atoms with Crippen molar-refractivity contribution in [2.24, 2.45) is 5.92 Å². The standard InChI is InChI=1S/C31H47N5O5S/c1-5-8-9-10-11-24(7-3)30-32-22(4)28-31(38)33-29(34-36(28)30)26-21-25(12-13-27(26)41-20-6-2)42(39,40)35-17-14-23(15-18-35)16-19-37/h12-13,21,23-24,37H,5-11,14-20H2,1-4H3,(H,33,34,38). The van der Waals surface area contributed by atoms with Gasteiger partial charge in [0, 0.05) is 25.6 Å². The van der Waals surface area contributed by atoms with Crippen LogP contribution in [0.15, 0.2) is 27.9 Å². The highest BCUT2D eigenvalue weighted by Gasteiger charge is 2.30. The molecule has 0 aliphatic carbocycles. The van der Waals surface area contributed by atoms with Crippen molar-refractivity contribution in [3.63, 3.8) is 0 Å². The molecule has 42 heavy (non-hydrogen) atoms. The van der Waals surface area contributed by atoms with Gasteiger partial charge in [0.05, 0.1) is 22.8 Å². The molecule has 10 nitrogen and oxygen atoms in total. The maximum absolute atomic E-state index is 13.7. The van der Waals surface area contributed by atoms with Crippen LogP contribution in [0.4, 0.5) is 0 Å². The number of nitrogens with zero attached hydrogens (tertiary/aromatic N) is 4. The van der Waals surface area contributed by atoms with Crippen LogP contribution in [0.1, 0.15) is 102 Å². The van der Waals surface area contributed by atoms with Gasteiger partial charge in [-0.05, 0) is 69.6 Å².